The molecule has 1 aromatic rings. The number of hydrogen-bond donors (Lipinski definition) is 2. The average molecular weight is 271 g/mol. The van der Waals surface area contributed by atoms with Gasteiger partial charge in [0, 0.05) is 12.1 Å². The molecule has 0 aromatic heterocycles. The Balaban J connectivity index is 3.10. The molecule has 1 aromatic carbocycles. The van der Waals surface area contributed by atoms with Crippen LogP contribution in [0.25, 0.3) is 0 Å². The van der Waals surface area contributed by atoms with Gasteiger partial charge in [0.2, 0.25) is 6.23 Å². The lowest BCUT2D eigenvalue weighted by Gasteiger charge is -2.17. The molecule has 0 spiro atoms. The van der Waals surface area contributed by atoms with Crippen LogP contribution < -0.4 is 5.01 Å². The van der Waals surface area contributed by atoms with Crippen molar-refractivity contribution in [2.75, 3.05) is 5.01 Å². The number of nitro benzene ring substituents is 1. The van der Waals surface area contributed by atoms with Gasteiger partial charge in [-0.3, -0.25) is 14.9 Å². The van der Waals surface area contributed by atoms with Gasteiger partial charge in [-0.1, -0.05) is 0 Å². The minimum Gasteiger partial charge on any atom is -0.438 e. The molecule has 1 rings (SSSR count). The van der Waals surface area contributed by atoms with Crippen molar-refractivity contribution in [2.45, 2.75) is 13.2 Å². The lowest BCUT2D eigenvalue weighted by Crippen LogP contribution is -2.41. The molecule has 0 aliphatic heterocycles. The molecule has 0 bridgehead atoms. The van der Waals surface area contributed by atoms with E-state index < -0.39 is 11.2 Å². The van der Waals surface area contributed by atoms with Crippen LogP contribution in [0.3, 0.4) is 0 Å². The maximum atomic E-state index is 10.5. The first kappa shape index (κ1) is 14.2. The summed E-state index contributed by atoms with van der Waals surface area (Å²) in [7, 11) is 0. The number of benzene rings is 1. The first-order valence-corrected chi connectivity index (χ1v) is 4.98. The highest BCUT2D eigenvalue weighted by molar-refractivity contribution is 5.49. The van der Waals surface area contributed by atoms with Crippen LogP contribution in [0.4, 0.5) is 11.4 Å². The highest BCUT2D eigenvalue weighted by Gasteiger charge is 2.29. The number of rotatable bonds is 6. The Labute approximate surface area is 106 Å². The molecule has 0 fully saturated rings. The van der Waals surface area contributed by atoms with Crippen molar-refractivity contribution in [1.29, 1.82) is 0 Å². The molecule has 10 nitrogen and oxygen atoms in total. The first-order valence-electron chi connectivity index (χ1n) is 4.98. The largest absolute Gasteiger partial charge is 0.438 e. The SMILES string of the molecule is CC(OC=O)N(c1ccc([N+](=O)[O-])cc1)[N+](O)=NO. The fourth-order valence-corrected chi connectivity index (χ4v) is 1.37. The van der Waals surface area contributed by atoms with Crippen LogP contribution in [0, 0.1) is 10.1 Å². The lowest BCUT2D eigenvalue weighted by molar-refractivity contribution is -0.848. The molecule has 0 saturated carbocycles. The van der Waals surface area contributed by atoms with Crippen LogP contribution in [-0.2, 0) is 9.53 Å². The van der Waals surface area contributed by atoms with E-state index in [1.165, 1.54) is 31.2 Å². The standard InChI is InChI=1S/C9H10N4O6/c1-7(19-6-14)11(13(18)10-15)8-2-4-9(5-3-8)12(16)17/h2-7,18H,1H3/p+1. The minimum atomic E-state index is -1.00. The Kier molecular flexibility index (Phi) is 4.57. The smallest absolute Gasteiger partial charge is 0.295 e. The molecule has 19 heavy (non-hydrogen) atoms. The van der Waals surface area contributed by atoms with Crippen LogP contribution >= 0.6 is 0 Å². The molecular weight excluding hydrogens is 260 g/mol. The van der Waals surface area contributed by atoms with Gasteiger partial charge in [0.25, 0.3) is 22.4 Å². The Bertz CT molecular complexity index is 488. The quantitative estimate of drug-likeness (QED) is 0.198. The van der Waals surface area contributed by atoms with Crippen molar-refractivity contribution >= 4 is 17.8 Å². The zero-order valence-corrected chi connectivity index (χ0v) is 9.78. The second-order valence-electron chi connectivity index (χ2n) is 3.31. The first-order chi connectivity index (χ1) is 9.01. The topological polar surface area (TPSA) is 129 Å². The van der Waals surface area contributed by atoms with Gasteiger partial charge < -0.3 is 9.94 Å². The number of non-ortho nitro benzene ring substituents is 1. The number of nitro groups is 1. The summed E-state index contributed by atoms with van der Waals surface area (Å²) in [5, 5.41) is 31.8. The average Bonchev–Trinajstić information content (AvgIpc) is 2.39. The Morgan fingerprint density at radius 3 is 2.47 bits per heavy atom. The third kappa shape index (κ3) is 3.28. The van der Waals surface area contributed by atoms with E-state index in [1.807, 2.05) is 0 Å². The summed E-state index contributed by atoms with van der Waals surface area (Å²) in [6, 6.07) is 4.94. The molecule has 2 N–H and O–H groups in total. The van der Waals surface area contributed by atoms with Crippen LogP contribution in [0.2, 0.25) is 0 Å². The maximum absolute atomic E-state index is 10.5. The molecule has 0 amide bonds. The van der Waals surface area contributed by atoms with Gasteiger partial charge in [-0.15, -0.1) is 0 Å². The summed E-state index contributed by atoms with van der Waals surface area (Å²) in [4.78, 5) is 20.2. The summed E-state index contributed by atoms with van der Waals surface area (Å²) in [6.45, 7) is 1.54. The fraction of sp³-hybridized carbons (Fsp3) is 0.222. The molecule has 1 atom stereocenters. The number of carbonyl (C=O) groups excluding carboxylic acids is 1. The van der Waals surface area contributed by atoms with Gasteiger partial charge in [0.1, 0.15) is 5.69 Å². The van der Waals surface area contributed by atoms with Crippen molar-refractivity contribution in [2.24, 2.45) is 5.28 Å². The number of hydrazine groups is 1. The van der Waals surface area contributed by atoms with E-state index in [2.05, 4.69) is 10.0 Å². The molecule has 0 aliphatic carbocycles. The maximum Gasteiger partial charge on any atom is 0.295 e. The van der Waals surface area contributed by atoms with Crippen molar-refractivity contribution in [3.63, 3.8) is 0 Å². The molecule has 0 radical (unpaired) electrons. The normalized spacial score (nSPS) is 12.6. The number of hydrogen-bond acceptors (Lipinski definition) is 5. The van der Waals surface area contributed by atoms with Gasteiger partial charge >= 0.3 is 0 Å². The van der Waals surface area contributed by atoms with Gasteiger partial charge in [-0.25, -0.2) is 5.21 Å². The summed E-state index contributed by atoms with van der Waals surface area (Å²) >= 11 is 0. The molecule has 10 heteroatoms. The Hall–Kier alpha value is -2.91. The van der Waals surface area contributed by atoms with Crippen molar-refractivity contribution in [1.82, 2.24) is 0 Å². The van der Waals surface area contributed by atoms with Crippen LogP contribution in [0.15, 0.2) is 29.5 Å². The van der Waals surface area contributed by atoms with E-state index in [0.717, 1.165) is 5.01 Å². The Morgan fingerprint density at radius 2 is 2.05 bits per heavy atom. The van der Waals surface area contributed by atoms with Crippen molar-refractivity contribution < 1.29 is 29.8 Å². The fourth-order valence-electron chi connectivity index (χ4n) is 1.37. The van der Waals surface area contributed by atoms with Crippen LogP contribution in [-0.4, -0.2) is 33.0 Å². The predicted molar refractivity (Wildman–Crippen MR) is 58.4 cm³/mol. The van der Waals surface area contributed by atoms with Crippen LogP contribution in [0.1, 0.15) is 6.92 Å². The second kappa shape index (κ2) is 6.14. The van der Waals surface area contributed by atoms with E-state index in [1.54, 1.807) is 0 Å². The lowest BCUT2D eigenvalue weighted by atomic mass is 10.3. The predicted octanol–water partition coefficient (Wildman–Crippen LogP) is 1.08. The third-order valence-electron chi connectivity index (χ3n) is 2.19. The van der Waals surface area contributed by atoms with E-state index in [0.29, 0.717) is 0 Å². The van der Waals surface area contributed by atoms with Crippen molar-refractivity contribution in [3.8, 4) is 0 Å². The van der Waals surface area contributed by atoms with E-state index in [4.69, 9.17) is 5.21 Å². The second-order valence-corrected chi connectivity index (χ2v) is 3.31. The molecule has 0 aliphatic rings. The van der Waals surface area contributed by atoms with E-state index >= 15 is 0 Å². The summed E-state index contributed by atoms with van der Waals surface area (Å²) in [5.74, 6) is 0. The van der Waals surface area contributed by atoms with E-state index in [9.17, 15) is 20.1 Å². The van der Waals surface area contributed by atoms with Gasteiger partial charge in [-0.05, 0) is 24.1 Å². The summed E-state index contributed by atoms with van der Waals surface area (Å²) < 4.78 is 4.60. The van der Waals surface area contributed by atoms with Gasteiger partial charge in [-0.2, -0.15) is 0 Å². The molecule has 0 saturated heterocycles. The third-order valence-corrected chi connectivity index (χ3v) is 2.19. The minimum absolute atomic E-state index is 0.0370. The number of ether oxygens (including phenoxy) is 1. The Morgan fingerprint density at radius 1 is 1.47 bits per heavy atom. The highest BCUT2D eigenvalue weighted by atomic mass is 16.6. The van der Waals surface area contributed by atoms with Gasteiger partial charge in [0.05, 0.1) is 4.92 Å². The molecule has 1 unspecified atom stereocenters. The zero-order valence-electron chi connectivity index (χ0n) is 9.78. The van der Waals surface area contributed by atoms with E-state index in [-0.39, 0.29) is 22.8 Å². The number of carbonyl (C=O) groups is 1. The molecule has 0 heterocycles. The summed E-state index contributed by atoms with van der Waals surface area (Å²) in [6.07, 6.45) is -1.00. The molecule has 102 valence electrons. The zero-order chi connectivity index (χ0) is 14.4. The number of nitrogens with zero attached hydrogens (tertiary/aromatic N) is 4. The monoisotopic (exact) mass is 271 g/mol. The highest BCUT2D eigenvalue weighted by Crippen LogP contribution is 2.21. The van der Waals surface area contributed by atoms with Crippen LogP contribution in [0.5, 0.6) is 0 Å². The number of anilines is 1. The van der Waals surface area contributed by atoms with Crippen molar-refractivity contribution in [3.05, 3.63) is 34.4 Å². The molecular formula is C9H11N4O6+. The van der Waals surface area contributed by atoms with Gasteiger partial charge in [0.15, 0.2) is 0 Å². The summed E-state index contributed by atoms with van der Waals surface area (Å²) in [5.41, 5.74) is 0.0540.